The minimum Gasteiger partial charge on any atom is -0.307 e. The molecule has 1 nitrogen and oxygen atoms in total. The molecule has 10 heavy (non-hydrogen) atoms. The Hall–Kier alpha value is 0.280. The Morgan fingerprint density at radius 1 is 1.70 bits per heavy atom. The quantitative estimate of drug-likeness (QED) is 0.703. The van der Waals surface area contributed by atoms with Crippen molar-refractivity contribution in [2.24, 2.45) is 0 Å². The topological polar surface area (TPSA) is 12.0 Å². The van der Waals surface area contributed by atoms with Gasteiger partial charge in [0.1, 0.15) is 0 Å². The summed E-state index contributed by atoms with van der Waals surface area (Å²) in [6.45, 7) is 2.88. The Bertz CT molecular complexity index is 150. The summed E-state index contributed by atoms with van der Waals surface area (Å²) in [5.41, 5.74) is 1.75. The monoisotopic (exact) mass is 179 g/mol. The molecule has 0 radical (unpaired) electrons. The van der Waals surface area contributed by atoms with Crippen molar-refractivity contribution in [3.63, 3.8) is 0 Å². The normalized spacial score (nSPS) is 22.9. The molecular formula is C7H11Cl2N. The minimum absolute atomic E-state index is 0.347. The molecular weight excluding hydrogens is 169 g/mol. The third-order valence-corrected chi connectivity index (χ3v) is 2.42. The van der Waals surface area contributed by atoms with Crippen molar-refractivity contribution in [2.45, 2.75) is 25.3 Å². The van der Waals surface area contributed by atoms with Crippen LogP contribution in [0.25, 0.3) is 0 Å². The standard InChI is InChI=1S/C7H11Cl2N/c1-7(2-3-7)10-5-6(9)4-8/h4,10H,2-3,5H2,1H3. The van der Waals surface area contributed by atoms with Crippen LogP contribution in [0.2, 0.25) is 0 Å². The van der Waals surface area contributed by atoms with Gasteiger partial charge in [0.15, 0.2) is 0 Å². The molecule has 0 aromatic rings. The van der Waals surface area contributed by atoms with E-state index in [1.54, 1.807) is 0 Å². The van der Waals surface area contributed by atoms with Crippen molar-refractivity contribution in [2.75, 3.05) is 6.54 Å². The van der Waals surface area contributed by atoms with Gasteiger partial charge in [0.25, 0.3) is 0 Å². The molecule has 0 aliphatic heterocycles. The minimum atomic E-state index is 0.347. The molecule has 0 aromatic heterocycles. The van der Waals surface area contributed by atoms with Gasteiger partial charge in [-0.2, -0.15) is 0 Å². The smallest absolute Gasteiger partial charge is 0.0432 e. The summed E-state index contributed by atoms with van der Waals surface area (Å²) in [5, 5.41) is 3.97. The largest absolute Gasteiger partial charge is 0.307 e. The van der Waals surface area contributed by atoms with Crippen molar-refractivity contribution >= 4 is 23.2 Å². The Morgan fingerprint density at radius 3 is 2.70 bits per heavy atom. The summed E-state index contributed by atoms with van der Waals surface area (Å²) in [7, 11) is 0. The number of hydrogen-bond acceptors (Lipinski definition) is 1. The van der Waals surface area contributed by atoms with Crippen LogP contribution in [0.5, 0.6) is 0 Å². The average molecular weight is 180 g/mol. The Kier molecular flexibility index (Phi) is 2.61. The van der Waals surface area contributed by atoms with Crippen LogP contribution in [0.15, 0.2) is 10.6 Å². The first-order valence-corrected chi connectivity index (χ1v) is 4.17. The van der Waals surface area contributed by atoms with E-state index in [1.165, 1.54) is 18.4 Å². The molecule has 3 heteroatoms. The van der Waals surface area contributed by atoms with E-state index in [9.17, 15) is 0 Å². The summed E-state index contributed by atoms with van der Waals surface area (Å²) in [6.07, 6.45) is 2.50. The molecule has 1 rings (SSSR count). The molecule has 1 N–H and O–H groups in total. The van der Waals surface area contributed by atoms with E-state index in [4.69, 9.17) is 23.2 Å². The Labute approximate surface area is 71.4 Å². The molecule has 0 saturated heterocycles. The SMILES string of the molecule is CC1(NCC(Cl)=CCl)CC1. The zero-order chi connectivity index (χ0) is 7.61. The first-order chi connectivity index (χ1) is 4.66. The second kappa shape index (κ2) is 3.12. The predicted molar refractivity (Wildman–Crippen MR) is 45.4 cm³/mol. The summed E-state index contributed by atoms with van der Waals surface area (Å²) in [4.78, 5) is 0. The van der Waals surface area contributed by atoms with Crippen LogP contribution in [-0.2, 0) is 0 Å². The van der Waals surface area contributed by atoms with Gasteiger partial charge in [-0.05, 0) is 19.8 Å². The van der Waals surface area contributed by atoms with E-state index in [0.717, 1.165) is 0 Å². The fourth-order valence-electron chi connectivity index (χ4n) is 0.701. The number of halogens is 2. The molecule has 0 unspecified atom stereocenters. The number of hydrogen-bond donors (Lipinski definition) is 1. The Balaban J connectivity index is 2.16. The van der Waals surface area contributed by atoms with Gasteiger partial charge in [-0.15, -0.1) is 0 Å². The van der Waals surface area contributed by atoms with Crippen LogP contribution >= 0.6 is 23.2 Å². The second-order valence-corrected chi connectivity index (χ2v) is 3.67. The lowest BCUT2D eigenvalue weighted by Crippen LogP contribution is -2.28. The average Bonchev–Trinajstić information content (AvgIpc) is 2.64. The van der Waals surface area contributed by atoms with Crippen LogP contribution in [0.1, 0.15) is 19.8 Å². The summed E-state index contributed by atoms with van der Waals surface area (Å²) in [5.74, 6) is 0. The first-order valence-electron chi connectivity index (χ1n) is 3.36. The molecule has 0 spiro atoms. The maximum atomic E-state index is 5.67. The van der Waals surface area contributed by atoms with Gasteiger partial charge in [0.05, 0.1) is 0 Å². The van der Waals surface area contributed by atoms with Gasteiger partial charge in [0, 0.05) is 22.7 Å². The maximum Gasteiger partial charge on any atom is 0.0432 e. The highest BCUT2D eigenvalue weighted by molar-refractivity contribution is 6.36. The summed E-state index contributed by atoms with van der Waals surface area (Å²) in [6, 6.07) is 0. The molecule has 1 aliphatic carbocycles. The fourth-order valence-corrected chi connectivity index (χ4v) is 0.845. The van der Waals surface area contributed by atoms with Gasteiger partial charge in [-0.1, -0.05) is 23.2 Å². The highest BCUT2D eigenvalue weighted by Crippen LogP contribution is 2.34. The van der Waals surface area contributed by atoms with Crippen LogP contribution < -0.4 is 5.32 Å². The molecule has 0 heterocycles. The van der Waals surface area contributed by atoms with Gasteiger partial charge < -0.3 is 5.32 Å². The summed E-state index contributed by atoms with van der Waals surface area (Å²) >= 11 is 11.0. The molecule has 1 fully saturated rings. The third-order valence-electron chi connectivity index (χ3n) is 1.80. The van der Waals surface area contributed by atoms with Crippen LogP contribution in [0.3, 0.4) is 0 Å². The lowest BCUT2D eigenvalue weighted by molar-refractivity contribution is 0.573. The molecule has 58 valence electrons. The van der Waals surface area contributed by atoms with Gasteiger partial charge in [0.2, 0.25) is 0 Å². The van der Waals surface area contributed by atoms with Crippen molar-refractivity contribution in [1.82, 2.24) is 5.32 Å². The zero-order valence-electron chi connectivity index (χ0n) is 5.95. The van der Waals surface area contributed by atoms with E-state index < -0.39 is 0 Å². The molecule has 0 atom stereocenters. The lowest BCUT2D eigenvalue weighted by atomic mass is 10.3. The summed E-state index contributed by atoms with van der Waals surface area (Å²) < 4.78 is 0. The van der Waals surface area contributed by atoms with Gasteiger partial charge in [-0.3, -0.25) is 0 Å². The first kappa shape index (κ1) is 8.38. The number of rotatable bonds is 3. The van der Waals surface area contributed by atoms with E-state index in [0.29, 0.717) is 17.1 Å². The third kappa shape index (κ3) is 2.49. The van der Waals surface area contributed by atoms with E-state index >= 15 is 0 Å². The molecule has 0 aromatic carbocycles. The maximum absolute atomic E-state index is 5.67. The number of nitrogens with one attached hydrogen (secondary N) is 1. The van der Waals surface area contributed by atoms with Gasteiger partial charge >= 0.3 is 0 Å². The van der Waals surface area contributed by atoms with E-state index in [1.807, 2.05) is 0 Å². The molecule has 0 amide bonds. The highest BCUT2D eigenvalue weighted by atomic mass is 35.5. The van der Waals surface area contributed by atoms with Crippen LogP contribution in [0.4, 0.5) is 0 Å². The van der Waals surface area contributed by atoms with E-state index in [2.05, 4.69) is 12.2 Å². The molecule has 0 bridgehead atoms. The second-order valence-electron chi connectivity index (χ2n) is 2.97. The predicted octanol–water partition coefficient (Wildman–Crippen LogP) is 2.45. The van der Waals surface area contributed by atoms with Crippen molar-refractivity contribution < 1.29 is 0 Å². The molecule has 1 aliphatic rings. The van der Waals surface area contributed by atoms with Crippen molar-refractivity contribution in [3.05, 3.63) is 10.6 Å². The van der Waals surface area contributed by atoms with E-state index in [-0.39, 0.29) is 0 Å². The molecule has 1 saturated carbocycles. The van der Waals surface area contributed by atoms with Gasteiger partial charge in [-0.25, -0.2) is 0 Å². The van der Waals surface area contributed by atoms with Crippen LogP contribution in [0, 0.1) is 0 Å². The zero-order valence-corrected chi connectivity index (χ0v) is 7.47. The Morgan fingerprint density at radius 2 is 2.30 bits per heavy atom. The van der Waals surface area contributed by atoms with Crippen molar-refractivity contribution in [1.29, 1.82) is 0 Å². The highest BCUT2D eigenvalue weighted by Gasteiger charge is 2.36. The fraction of sp³-hybridized carbons (Fsp3) is 0.714. The van der Waals surface area contributed by atoms with Crippen molar-refractivity contribution in [3.8, 4) is 0 Å². The van der Waals surface area contributed by atoms with Crippen LogP contribution in [-0.4, -0.2) is 12.1 Å². The lowest BCUT2D eigenvalue weighted by Gasteiger charge is -2.09.